The van der Waals surface area contributed by atoms with Gasteiger partial charge in [-0.1, -0.05) is 23.7 Å². The van der Waals surface area contributed by atoms with Gasteiger partial charge in [0, 0.05) is 24.0 Å². The molecule has 3 atom stereocenters. The number of hydrogen-bond acceptors (Lipinski definition) is 2. The zero-order chi connectivity index (χ0) is 14.7. The molecular formula is C16H23ClN2O. The van der Waals surface area contributed by atoms with Gasteiger partial charge < -0.3 is 10.2 Å². The smallest absolute Gasteiger partial charge is 0.226 e. The molecule has 0 aliphatic carbocycles. The molecule has 110 valence electrons. The Morgan fingerprint density at radius 1 is 1.50 bits per heavy atom. The summed E-state index contributed by atoms with van der Waals surface area (Å²) in [6.07, 6.45) is 1.85. The van der Waals surface area contributed by atoms with Gasteiger partial charge in [0.1, 0.15) is 0 Å². The largest absolute Gasteiger partial charge is 0.339 e. The maximum atomic E-state index is 12.6. The van der Waals surface area contributed by atoms with Crippen LogP contribution >= 0.6 is 11.6 Å². The van der Waals surface area contributed by atoms with E-state index in [1.807, 2.05) is 43.1 Å². The summed E-state index contributed by atoms with van der Waals surface area (Å²) in [5.41, 5.74) is 1.08. The van der Waals surface area contributed by atoms with Gasteiger partial charge in [0.25, 0.3) is 0 Å². The number of nitrogens with one attached hydrogen (secondary N) is 1. The van der Waals surface area contributed by atoms with Crippen LogP contribution in [0.5, 0.6) is 0 Å². The summed E-state index contributed by atoms with van der Waals surface area (Å²) in [5.74, 6) is 0.378. The minimum Gasteiger partial charge on any atom is -0.339 e. The van der Waals surface area contributed by atoms with E-state index in [0.29, 0.717) is 11.1 Å². The van der Waals surface area contributed by atoms with Crippen LogP contribution in [-0.2, 0) is 4.79 Å². The normalized spacial score (nSPS) is 24.2. The van der Waals surface area contributed by atoms with Gasteiger partial charge in [0.05, 0.1) is 6.04 Å². The second-order valence-electron chi connectivity index (χ2n) is 5.76. The molecule has 2 rings (SSSR count). The summed E-state index contributed by atoms with van der Waals surface area (Å²) >= 11 is 6.03. The van der Waals surface area contributed by atoms with Crippen LogP contribution in [-0.4, -0.2) is 30.4 Å². The molecule has 1 N–H and O–H groups in total. The number of carbonyl (C=O) groups excluding carboxylic acids is 1. The average molecular weight is 295 g/mol. The van der Waals surface area contributed by atoms with Crippen LogP contribution in [0.2, 0.25) is 5.02 Å². The highest BCUT2D eigenvalue weighted by Gasteiger charge is 2.29. The van der Waals surface area contributed by atoms with Gasteiger partial charge in [0.15, 0.2) is 0 Å². The lowest BCUT2D eigenvalue weighted by atomic mass is 9.91. The minimum atomic E-state index is 0.0476. The zero-order valence-corrected chi connectivity index (χ0v) is 13.2. The molecule has 1 fully saturated rings. The summed E-state index contributed by atoms with van der Waals surface area (Å²) in [6, 6.07) is 8.21. The molecule has 20 heavy (non-hydrogen) atoms. The SMILES string of the molecule is CC1CC(C(=O)N(C)C(C)c2cccc(Cl)c2)CCN1. The highest BCUT2D eigenvalue weighted by molar-refractivity contribution is 6.30. The van der Waals surface area contributed by atoms with Crippen molar-refractivity contribution in [1.29, 1.82) is 0 Å². The number of hydrogen-bond donors (Lipinski definition) is 1. The van der Waals surface area contributed by atoms with Crippen LogP contribution in [0.15, 0.2) is 24.3 Å². The van der Waals surface area contributed by atoms with Crippen molar-refractivity contribution in [3.63, 3.8) is 0 Å². The minimum absolute atomic E-state index is 0.0476. The van der Waals surface area contributed by atoms with E-state index in [-0.39, 0.29) is 17.9 Å². The van der Waals surface area contributed by atoms with Crippen molar-refractivity contribution in [2.24, 2.45) is 5.92 Å². The van der Waals surface area contributed by atoms with Crippen LogP contribution < -0.4 is 5.32 Å². The summed E-state index contributed by atoms with van der Waals surface area (Å²) in [7, 11) is 1.89. The van der Waals surface area contributed by atoms with Crippen LogP contribution in [0.1, 0.15) is 38.3 Å². The molecule has 1 aliphatic rings. The van der Waals surface area contributed by atoms with Crippen molar-refractivity contribution in [2.45, 2.75) is 38.8 Å². The Morgan fingerprint density at radius 2 is 2.25 bits per heavy atom. The third-order valence-electron chi connectivity index (χ3n) is 4.23. The highest BCUT2D eigenvalue weighted by atomic mass is 35.5. The first-order valence-corrected chi connectivity index (χ1v) is 7.62. The third kappa shape index (κ3) is 3.53. The molecular weight excluding hydrogens is 272 g/mol. The predicted octanol–water partition coefficient (Wildman–Crippen LogP) is 3.25. The summed E-state index contributed by atoms with van der Waals surface area (Å²) < 4.78 is 0. The third-order valence-corrected chi connectivity index (χ3v) is 4.47. The Labute approximate surface area is 126 Å². The number of nitrogens with zero attached hydrogens (tertiary/aromatic N) is 1. The lowest BCUT2D eigenvalue weighted by Gasteiger charge is -2.33. The molecule has 1 saturated heterocycles. The molecule has 0 radical (unpaired) electrons. The molecule has 0 spiro atoms. The number of amides is 1. The first kappa shape index (κ1) is 15.3. The quantitative estimate of drug-likeness (QED) is 0.928. The zero-order valence-electron chi connectivity index (χ0n) is 12.4. The summed E-state index contributed by atoms with van der Waals surface area (Å²) in [6.45, 7) is 5.12. The lowest BCUT2D eigenvalue weighted by Crippen LogP contribution is -2.43. The monoisotopic (exact) mass is 294 g/mol. The Bertz CT molecular complexity index is 477. The number of piperidine rings is 1. The maximum absolute atomic E-state index is 12.6. The van der Waals surface area contributed by atoms with Gasteiger partial charge in [0.2, 0.25) is 5.91 Å². The molecule has 1 aliphatic heterocycles. The second kappa shape index (κ2) is 6.59. The first-order valence-electron chi connectivity index (χ1n) is 7.24. The predicted molar refractivity (Wildman–Crippen MR) is 82.8 cm³/mol. The Kier molecular flexibility index (Phi) is 5.06. The number of carbonyl (C=O) groups is 1. The molecule has 3 unspecified atom stereocenters. The molecule has 3 nitrogen and oxygen atoms in total. The molecule has 0 bridgehead atoms. The van der Waals surface area contributed by atoms with E-state index in [9.17, 15) is 4.79 Å². The molecule has 1 aromatic rings. The fourth-order valence-corrected chi connectivity index (χ4v) is 3.02. The fourth-order valence-electron chi connectivity index (χ4n) is 2.83. The van der Waals surface area contributed by atoms with E-state index in [1.54, 1.807) is 0 Å². The summed E-state index contributed by atoms with van der Waals surface area (Å²) in [4.78, 5) is 14.5. The second-order valence-corrected chi connectivity index (χ2v) is 6.19. The Balaban J connectivity index is 2.06. The van der Waals surface area contributed by atoms with Crippen LogP contribution in [0, 0.1) is 5.92 Å². The molecule has 1 heterocycles. The van der Waals surface area contributed by atoms with Gasteiger partial charge >= 0.3 is 0 Å². The highest BCUT2D eigenvalue weighted by Crippen LogP contribution is 2.26. The molecule has 4 heteroatoms. The van der Waals surface area contributed by atoms with Crippen molar-refractivity contribution in [3.8, 4) is 0 Å². The average Bonchev–Trinajstić information content (AvgIpc) is 2.45. The van der Waals surface area contributed by atoms with Gasteiger partial charge in [-0.2, -0.15) is 0 Å². The summed E-state index contributed by atoms with van der Waals surface area (Å²) in [5, 5.41) is 4.10. The van der Waals surface area contributed by atoms with E-state index in [4.69, 9.17) is 11.6 Å². The molecule has 0 aromatic heterocycles. The molecule has 0 saturated carbocycles. The first-order chi connectivity index (χ1) is 9.49. The van der Waals surface area contributed by atoms with Crippen LogP contribution in [0.25, 0.3) is 0 Å². The van der Waals surface area contributed by atoms with Crippen molar-refractivity contribution < 1.29 is 4.79 Å². The fraction of sp³-hybridized carbons (Fsp3) is 0.562. The van der Waals surface area contributed by atoms with Crippen LogP contribution in [0.4, 0.5) is 0 Å². The van der Waals surface area contributed by atoms with Gasteiger partial charge in [-0.05, 0) is 50.9 Å². The van der Waals surface area contributed by atoms with E-state index < -0.39 is 0 Å². The van der Waals surface area contributed by atoms with E-state index >= 15 is 0 Å². The number of benzene rings is 1. The van der Waals surface area contributed by atoms with Gasteiger partial charge in [-0.15, -0.1) is 0 Å². The Hall–Kier alpha value is -1.06. The van der Waals surface area contributed by atoms with Crippen molar-refractivity contribution >= 4 is 17.5 Å². The van der Waals surface area contributed by atoms with E-state index in [0.717, 1.165) is 24.9 Å². The van der Waals surface area contributed by atoms with E-state index in [2.05, 4.69) is 12.2 Å². The maximum Gasteiger partial charge on any atom is 0.226 e. The lowest BCUT2D eigenvalue weighted by molar-refractivity contribution is -0.137. The molecule has 1 aromatic carbocycles. The standard InChI is InChI=1S/C16H23ClN2O/c1-11-9-14(7-8-18-11)16(20)19(3)12(2)13-5-4-6-15(17)10-13/h4-6,10-12,14,18H,7-9H2,1-3H3. The number of rotatable bonds is 3. The van der Waals surface area contributed by atoms with Crippen molar-refractivity contribution in [1.82, 2.24) is 10.2 Å². The topological polar surface area (TPSA) is 32.3 Å². The van der Waals surface area contributed by atoms with Gasteiger partial charge in [-0.3, -0.25) is 4.79 Å². The van der Waals surface area contributed by atoms with Crippen molar-refractivity contribution in [3.05, 3.63) is 34.9 Å². The van der Waals surface area contributed by atoms with E-state index in [1.165, 1.54) is 0 Å². The van der Waals surface area contributed by atoms with Crippen molar-refractivity contribution in [2.75, 3.05) is 13.6 Å². The Morgan fingerprint density at radius 3 is 2.90 bits per heavy atom. The van der Waals surface area contributed by atoms with Gasteiger partial charge in [-0.25, -0.2) is 0 Å². The van der Waals surface area contributed by atoms with Crippen LogP contribution in [0.3, 0.4) is 0 Å². The molecule has 1 amide bonds. The number of halogens is 1.